The summed E-state index contributed by atoms with van der Waals surface area (Å²) in [6.45, 7) is 3.97. The average Bonchev–Trinajstić information content (AvgIpc) is 3.19. The zero-order chi connectivity index (χ0) is 21.9. The van der Waals surface area contributed by atoms with Crippen molar-refractivity contribution in [2.24, 2.45) is 7.05 Å². The van der Waals surface area contributed by atoms with Crippen molar-refractivity contribution in [2.75, 3.05) is 12.4 Å². The van der Waals surface area contributed by atoms with Crippen LogP contribution in [0.4, 0.5) is 4.79 Å². The van der Waals surface area contributed by atoms with Crippen LogP contribution < -0.4 is 4.72 Å². The number of carbonyl (C=O) groups is 1. The van der Waals surface area contributed by atoms with Crippen molar-refractivity contribution in [3.63, 3.8) is 0 Å². The molecular formula is C20H25ClN4O4S. The lowest BCUT2D eigenvalue weighted by molar-refractivity contribution is 0.151. The molecule has 0 fully saturated rings. The van der Waals surface area contributed by atoms with Gasteiger partial charge in [0.15, 0.2) is 0 Å². The second kappa shape index (κ2) is 9.09. The highest BCUT2D eigenvalue weighted by atomic mass is 35.5. The van der Waals surface area contributed by atoms with Crippen molar-refractivity contribution in [2.45, 2.75) is 33.1 Å². The number of halogens is 1. The first-order valence-corrected chi connectivity index (χ1v) is 11.7. The van der Waals surface area contributed by atoms with Gasteiger partial charge in [-0.2, -0.15) is 5.10 Å². The monoisotopic (exact) mass is 452 g/mol. The van der Waals surface area contributed by atoms with E-state index in [2.05, 4.69) is 5.10 Å². The van der Waals surface area contributed by atoms with Crippen molar-refractivity contribution in [3.05, 3.63) is 46.7 Å². The third-order valence-corrected chi connectivity index (χ3v) is 6.24. The van der Waals surface area contributed by atoms with E-state index in [1.807, 2.05) is 53.6 Å². The van der Waals surface area contributed by atoms with Crippen LogP contribution in [0.25, 0.3) is 16.7 Å². The highest BCUT2D eigenvalue weighted by Gasteiger charge is 2.21. The molecule has 0 radical (unpaired) electrons. The minimum atomic E-state index is -3.85. The molecule has 30 heavy (non-hydrogen) atoms. The lowest BCUT2D eigenvalue weighted by Gasteiger charge is -2.11. The van der Waals surface area contributed by atoms with Gasteiger partial charge < -0.3 is 9.30 Å². The fourth-order valence-corrected chi connectivity index (χ4v) is 4.38. The Kier molecular flexibility index (Phi) is 6.72. The third-order valence-electron chi connectivity index (χ3n) is 4.79. The molecule has 162 valence electrons. The van der Waals surface area contributed by atoms with E-state index in [1.165, 1.54) is 0 Å². The average molecular weight is 453 g/mol. The number of sulfonamides is 1. The van der Waals surface area contributed by atoms with E-state index < -0.39 is 16.1 Å². The molecule has 0 aliphatic rings. The summed E-state index contributed by atoms with van der Waals surface area (Å²) in [6, 6.07) is 7.56. The van der Waals surface area contributed by atoms with Crippen LogP contribution in [0, 0.1) is 6.92 Å². The first kappa shape index (κ1) is 22.2. The molecule has 1 N–H and O–H groups in total. The highest BCUT2D eigenvalue weighted by molar-refractivity contribution is 7.90. The molecule has 0 saturated heterocycles. The molecule has 0 atom stereocenters. The normalized spacial score (nSPS) is 11.7. The van der Waals surface area contributed by atoms with Gasteiger partial charge in [-0.05, 0) is 38.0 Å². The number of ether oxygens (including phenoxy) is 1. The Hall–Kier alpha value is -2.52. The fraction of sp³-hybridized carbons (Fsp3) is 0.400. The Morgan fingerprint density at radius 1 is 1.30 bits per heavy atom. The number of fused-ring (bicyclic) bond motifs is 1. The fourth-order valence-electron chi connectivity index (χ4n) is 3.32. The van der Waals surface area contributed by atoms with Crippen LogP contribution in [0.2, 0.25) is 5.02 Å². The van der Waals surface area contributed by atoms with Gasteiger partial charge in [0.1, 0.15) is 5.82 Å². The number of nitrogens with zero attached hydrogens (tertiary/aromatic N) is 3. The molecule has 1 amide bonds. The van der Waals surface area contributed by atoms with Crippen molar-refractivity contribution in [1.29, 1.82) is 0 Å². The maximum Gasteiger partial charge on any atom is 0.420 e. The van der Waals surface area contributed by atoms with Gasteiger partial charge in [0, 0.05) is 29.2 Å². The molecule has 3 rings (SSSR count). The minimum Gasteiger partial charge on any atom is -0.449 e. The van der Waals surface area contributed by atoms with Crippen LogP contribution in [-0.2, 0) is 28.2 Å². The van der Waals surface area contributed by atoms with E-state index in [9.17, 15) is 13.2 Å². The Balaban J connectivity index is 1.82. The lowest BCUT2D eigenvalue weighted by atomic mass is 10.2. The summed E-state index contributed by atoms with van der Waals surface area (Å²) in [6.07, 6.45) is 2.67. The van der Waals surface area contributed by atoms with Gasteiger partial charge in [-0.1, -0.05) is 31.0 Å². The molecule has 0 bridgehead atoms. The first-order chi connectivity index (χ1) is 14.2. The zero-order valence-electron chi connectivity index (χ0n) is 17.2. The summed E-state index contributed by atoms with van der Waals surface area (Å²) in [5.74, 6) is 0.487. The van der Waals surface area contributed by atoms with Crippen molar-refractivity contribution < 1.29 is 17.9 Å². The van der Waals surface area contributed by atoms with Crippen molar-refractivity contribution in [3.8, 4) is 5.82 Å². The van der Waals surface area contributed by atoms with Gasteiger partial charge in [0.25, 0.3) is 0 Å². The largest absolute Gasteiger partial charge is 0.449 e. The predicted octanol–water partition coefficient (Wildman–Crippen LogP) is 3.72. The van der Waals surface area contributed by atoms with Gasteiger partial charge >= 0.3 is 6.09 Å². The summed E-state index contributed by atoms with van der Waals surface area (Å²) in [5.41, 5.74) is 2.39. The number of benzene rings is 1. The maximum atomic E-state index is 12.4. The summed E-state index contributed by atoms with van der Waals surface area (Å²) in [5, 5.41) is 6.08. The Morgan fingerprint density at radius 2 is 2.07 bits per heavy atom. The van der Waals surface area contributed by atoms with Gasteiger partial charge in [0.2, 0.25) is 10.0 Å². The number of rotatable bonds is 8. The number of amides is 1. The summed E-state index contributed by atoms with van der Waals surface area (Å²) in [4.78, 5) is 11.7. The molecule has 2 aromatic heterocycles. The summed E-state index contributed by atoms with van der Waals surface area (Å²) in [7, 11) is -2.04. The van der Waals surface area contributed by atoms with Gasteiger partial charge in [-0.15, -0.1) is 0 Å². The molecule has 0 spiro atoms. The highest BCUT2D eigenvalue weighted by Crippen LogP contribution is 2.27. The Morgan fingerprint density at radius 3 is 2.80 bits per heavy atom. The molecule has 3 aromatic rings. The molecule has 1 aromatic carbocycles. The number of aryl methyl sites for hydroxylation is 2. The lowest BCUT2D eigenvalue weighted by Crippen LogP contribution is -2.33. The third kappa shape index (κ3) is 4.96. The minimum absolute atomic E-state index is 0.187. The van der Waals surface area contributed by atoms with Crippen LogP contribution in [0.5, 0.6) is 0 Å². The van der Waals surface area contributed by atoms with E-state index in [-0.39, 0.29) is 18.8 Å². The molecule has 0 aliphatic carbocycles. The number of carbonyl (C=O) groups excluding carboxylic acids is 1. The first-order valence-electron chi connectivity index (χ1n) is 9.68. The second-order valence-corrected chi connectivity index (χ2v) is 9.34. The molecule has 0 aliphatic heterocycles. The summed E-state index contributed by atoms with van der Waals surface area (Å²) < 4.78 is 35.2. The number of nitrogens with one attached hydrogen (secondary N) is 1. The van der Waals surface area contributed by atoms with E-state index in [0.29, 0.717) is 11.4 Å². The van der Waals surface area contributed by atoms with Crippen LogP contribution in [0.1, 0.15) is 31.0 Å². The molecular weight excluding hydrogens is 428 g/mol. The number of unbranched alkanes of at least 4 members (excludes halogenated alkanes) is 1. The van der Waals surface area contributed by atoms with Crippen LogP contribution in [0.15, 0.2) is 30.5 Å². The predicted molar refractivity (Wildman–Crippen MR) is 117 cm³/mol. The van der Waals surface area contributed by atoms with Crippen LogP contribution >= 0.6 is 11.6 Å². The number of aromatic nitrogens is 3. The van der Waals surface area contributed by atoms with Crippen molar-refractivity contribution in [1.82, 2.24) is 19.1 Å². The van der Waals surface area contributed by atoms with Gasteiger partial charge in [0.05, 0.1) is 23.6 Å². The standard InChI is InChI=1S/C20H25ClN4O4S/c1-4-5-11-29-20(26)23-30(27,28)12-9-17-14(2)22-24(3)19(17)25-10-8-15-6-7-16(21)13-18(15)25/h6-8,10,13H,4-5,9,11-12H2,1-3H3,(H,23,26). The van der Waals surface area contributed by atoms with Crippen molar-refractivity contribution >= 4 is 38.6 Å². The molecule has 10 heteroatoms. The van der Waals surface area contributed by atoms with Crippen LogP contribution in [0.3, 0.4) is 0 Å². The molecule has 2 heterocycles. The van der Waals surface area contributed by atoms with E-state index >= 15 is 0 Å². The molecule has 0 saturated carbocycles. The van der Waals surface area contributed by atoms with E-state index in [0.717, 1.165) is 34.4 Å². The van der Waals surface area contributed by atoms with Crippen LogP contribution in [-0.4, -0.2) is 41.2 Å². The topological polar surface area (TPSA) is 95.2 Å². The maximum absolute atomic E-state index is 12.4. The van der Waals surface area contributed by atoms with Gasteiger partial charge in [-0.3, -0.25) is 4.68 Å². The summed E-state index contributed by atoms with van der Waals surface area (Å²) >= 11 is 6.17. The smallest absolute Gasteiger partial charge is 0.420 e. The molecule has 0 unspecified atom stereocenters. The Bertz CT molecular complexity index is 1170. The zero-order valence-corrected chi connectivity index (χ0v) is 18.8. The van der Waals surface area contributed by atoms with Gasteiger partial charge in [-0.25, -0.2) is 17.9 Å². The van der Waals surface area contributed by atoms with E-state index in [1.54, 1.807) is 11.7 Å². The molecule has 8 nitrogen and oxygen atoms in total. The second-order valence-electron chi connectivity index (χ2n) is 7.06. The van der Waals surface area contributed by atoms with E-state index in [4.69, 9.17) is 16.3 Å². The number of hydrogen-bond acceptors (Lipinski definition) is 5. The Labute approximate surface area is 180 Å². The quantitative estimate of drug-likeness (QED) is 0.525. The number of hydrogen-bond donors (Lipinski definition) is 1. The SMILES string of the molecule is CCCCOC(=O)NS(=O)(=O)CCc1c(C)nn(C)c1-n1ccc2ccc(Cl)cc21.